The fourth-order valence-corrected chi connectivity index (χ4v) is 6.38. The van der Waals surface area contributed by atoms with Crippen LogP contribution in [0.25, 0.3) is 21.7 Å². The highest BCUT2D eigenvalue weighted by Crippen LogP contribution is 2.41. The molecule has 1 aliphatic rings. The molecule has 35 heavy (non-hydrogen) atoms. The summed E-state index contributed by atoms with van der Waals surface area (Å²) in [6.45, 7) is 15.5. The van der Waals surface area contributed by atoms with Crippen LogP contribution in [0.5, 0.6) is 0 Å². The lowest BCUT2D eigenvalue weighted by atomic mass is 9.92. The Balaban J connectivity index is 1.83. The Morgan fingerprint density at radius 1 is 1.20 bits per heavy atom. The molecule has 0 aliphatic heterocycles. The molecule has 5 nitrogen and oxygen atoms in total. The lowest BCUT2D eigenvalue weighted by Gasteiger charge is -2.43. The monoisotopic (exact) mass is 489 g/mol. The third-order valence-corrected chi connectivity index (χ3v) is 12.4. The zero-order valence-electron chi connectivity index (χ0n) is 22.1. The first-order valence-corrected chi connectivity index (χ1v) is 15.6. The van der Waals surface area contributed by atoms with Gasteiger partial charge in [-0.1, -0.05) is 64.5 Å². The standard InChI is InChI=1S/C29H39N3O2Si/c1-20(18-30-5)16-21-17-24-27(23-13-9-8-12-22(21)23)31-19-32(28(24)33)25-14-10-11-15-26(25)34-35(6,7)29(2,3)4/h8-9,12-13,17-19,25-26H,1,10-11,14-16H2,2-7H3/t25-,26-/m0/s1. The van der Waals surface area contributed by atoms with E-state index in [0.717, 1.165) is 53.1 Å². The number of hydrogen-bond acceptors (Lipinski definition) is 4. The molecule has 1 aromatic heterocycles. The van der Waals surface area contributed by atoms with Crippen molar-refractivity contribution in [3.8, 4) is 0 Å². The molecule has 1 aliphatic carbocycles. The molecule has 0 N–H and O–H groups in total. The Labute approximate surface area is 210 Å². The van der Waals surface area contributed by atoms with Crippen molar-refractivity contribution in [1.29, 1.82) is 0 Å². The van der Waals surface area contributed by atoms with Gasteiger partial charge in [0.05, 0.1) is 29.4 Å². The fraction of sp³-hybridized carbons (Fsp3) is 0.483. The van der Waals surface area contributed by atoms with E-state index in [1.807, 2.05) is 22.8 Å². The van der Waals surface area contributed by atoms with Gasteiger partial charge >= 0.3 is 0 Å². The maximum Gasteiger partial charge on any atom is 0.261 e. The third-order valence-electron chi connectivity index (χ3n) is 7.88. The molecule has 2 atom stereocenters. The highest BCUT2D eigenvalue weighted by Gasteiger charge is 2.41. The van der Waals surface area contributed by atoms with Gasteiger partial charge in [0.25, 0.3) is 5.56 Å². The van der Waals surface area contributed by atoms with Gasteiger partial charge in [-0.3, -0.25) is 14.4 Å². The van der Waals surface area contributed by atoms with Gasteiger partial charge in [-0.05, 0) is 60.0 Å². The molecule has 6 heteroatoms. The van der Waals surface area contributed by atoms with Crippen LogP contribution in [0.3, 0.4) is 0 Å². The molecule has 3 aromatic rings. The van der Waals surface area contributed by atoms with Crippen molar-refractivity contribution in [3.63, 3.8) is 0 Å². The molecule has 1 saturated carbocycles. The van der Waals surface area contributed by atoms with Crippen molar-refractivity contribution < 1.29 is 4.43 Å². The number of hydrogen-bond donors (Lipinski definition) is 0. The molecule has 1 fully saturated rings. The molecular formula is C29H39N3O2Si. The summed E-state index contributed by atoms with van der Waals surface area (Å²) in [6, 6.07) is 10.2. The van der Waals surface area contributed by atoms with Crippen LogP contribution in [-0.4, -0.2) is 37.2 Å². The SMILES string of the molecule is C=C(C=NC)Cc1cc2c(=O)n([C@H]3CCCC[C@@H]3O[Si](C)(C)C(C)(C)C)cnc2c2ccccc12. The van der Waals surface area contributed by atoms with Gasteiger partial charge in [0.1, 0.15) is 0 Å². The summed E-state index contributed by atoms with van der Waals surface area (Å²) in [7, 11) is -0.219. The van der Waals surface area contributed by atoms with Gasteiger partial charge in [-0.25, -0.2) is 4.98 Å². The number of allylic oxidation sites excluding steroid dienone is 1. The van der Waals surface area contributed by atoms with Crippen molar-refractivity contribution in [2.24, 2.45) is 4.99 Å². The molecule has 0 amide bonds. The minimum Gasteiger partial charge on any atom is -0.412 e. The normalized spacial score (nSPS) is 19.6. The summed E-state index contributed by atoms with van der Waals surface area (Å²) in [5, 5.41) is 2.90. The predicted octanol–water partition coefficient (Wildman–Crippen LogP) is 6.85. The van der Waals surface area contributed by atoms with Crippen molar-refractivity contribution in [2.75, 3.05) is 7.05 Å². The highest BCUT2D eigenvalue weighted by molar-refractivity contribution is 6.74. The van der Waals surface area contributed by atoms with E-state index in [1.54, 1.807) is 19.6 Å². The molecule has 2 aromatic carbocycles. The van der Waals surface area contributed by atoms with Gasteiger partial charge in [-0.15, -0.1) is 0 Å². The van der Waals surface area contributed by atoms with Crippen molar-refractivity contribution in [1.82, 2.24) is 9.55 Å². The summed E-state index contributed by atoms with van der Waals surface area (Å²) < 4.78 is 8.74. The molecule has 186 valence electrons. The Bertz CT molecular complexity index is 1330. The maximum absolute atomic E-state index is 14.0. The second-order valence-corrected chi connectivity index (χ2v) is 16.2. The van der Waals surface area contributed by atoms with Gasteiger partial charge in [0, 0.05) is 18.6 Å². The van der Waals surface area contributed by atoms with E-state index in [2.05, 4.69) is 57.6 Å². The number of benzene rings is 2. The van der Waals surface area contributed by atoms with Gasteiger partial charge in [0.15, 0.2) is 8.32 Å². The summed E-state index contributed by atoms with van der Waals surface area (Å²) in [5.74, 6) is 0. The minimum absolute atomic E-state index is 0.0133. The van der Waals surface area contributed by atoms with E-state index in [-0.39, 0.29) is 22.7 Å². The molecule has 1 heterocycles. The number of nitrogens with zero attached hydrogens (tertiary/aromatic N) is 3. The van der Waals surface area contributed by atoms with Gasteiger partial charge in [-0.2, -0.15) is 0 Å². The molecular weight excluding hydrogens is 450 g/mol. The lowest BCUT2D eigenvalue weighted by molar-refractivity contribution is 0.0824. The van der Waals surface area contributed by atoms with Crippen molar-refractivity contribution in [2.45, 2.75) is 83.2 Å². The zero-order chi connectivity index (χ0) is 25.4. The van der Waals surface area contributed by atoms with Crippen LogP contribution in [0.2, 0.25) is 18.1 Å². The molecule has 0 radical (unpaired) electrons. The topological polar surface area (TPSA) is 56.5 Å². The third kappa shape index (κ3) is 5.05. The highest BCUT2D eigenvalue weighted by atomic mass is 28.4. The minimum atomic E-state index is -1.97. The summed E-state index contributed by atoms with van der Waals surface area (Å²) in [6.07, 6.45) is 8.40. The second-order valence-electron chi connectivity index (χ2n) is 11.4. The Hall–Kier alpha value is -2.57. The largest absolute Gasteiger partial charge is 0.412 e. The summed E-state index contributed by atoms with van der Waals surface area (Å²) in [4.78, 5) is 22.9. The zero-order valence-corrected chi connectivity index (χ0v) is 23.1. The van der Waals surface area contributed by atoms with Crippen LogP contribution in [0.15, 0.2) is 58.6 Å². The Kier molecular flexibility index (Phi) is 7.16. The quantitative estimate of drug-likeness (QED) is 0.216. The molecule has 0 saturated heterocycles. The second kappa shape index (κ2) is 9.82. The first kappa shape index (κ1) is 25.5. The number of rotatable bonds is 6. The van der Waals surface area contributed by atoms with E-state index in [1.165, 1.54) is 0 Å². The molecule has 0 spiro atoms. The molecule has 0 bridgehead atoms. The predicted molar refractivity (Wildman–Crippen MR) is 150 cm³/mol. The van der Waals surface area contributed by atoms with E-state index < -0.39 is 8.32 Å². The number of aliphatic imine (C=N–C) groups is 1. The maximum atomic E-state index is 14.0. The fourth-order valence-electron chi connectivity index (χ4n) is 4.99. The van der Waals surface area contributed by atoms with Crippen LogP contribution >= 0.6 is 0 Å². The van der Waals surface area contributed by atoms with Crippen LogP contribution in [0.1, 0.15) is 58.1 Å². The van der Waals surface area contributed by atoms with E-state index in [4.69, 9.17) is 9.41 Å². The Morgan fingerprint density at radius 3 is 2.57 bits per heavy atom. The number of aromatic nitrogens is 2. The van der Waals surface area contributed by atoms with Crippen LogP contribution in [0.4, 0.5) is 0 Å². The van der Waals surface area contributed by atoms with Crippen LogP contribution < -0.4 is 5.56 Å². The van der Waals surface area contributed by atoms with Crippen LogP contribution in [0, 0.1) is 0 Å². The average molecular weight is 490 g/mol. The summed E-state index contributed by atoms with van der Waals surface area (Å²) in [5.41, 5.74) is 2.77. The van der Waals surface area contributed by atoms with Crippen LogP contribution in [-0.2, 0) is 10.8 Å². The van der Waals surface area contributed by atoms with E-state index in [9.17, 15) is 4.79 Å². The average Bonchev–Trinajstić information content (AvgIpc) is 2.80. The first-order valence-electron chi connectivity index (χ1n) is 12.7. The lowest BCUT2D eigenvalue weighted by Crippen LogP contribution is -2.48. The number of fused-ring (bicyclic) bond motifs is 3. The smallest absolute Gasteiger partial charge is 0.261 e. The van der Waals surface area contributed by atoms with E-state index in [0.29, 0.717) is 11.8 Å². The van der Waals surface area contributed by atoms with Gasteiger partial charge in [0.2, 0.25) is 0 Å². The first-order chi connectivity index (χ1) is 16.5. The molecule has 0 unspecified atom stereocenters. The van der Waals surface area contributed by atoms with Crippen molar-refractivity contribution in [3.05, 3.63) is 64.7 Å². The summed E-state index contributed by atoms with van der Waals surface area (Å²) >= 11 is 0. The van der Waals surface area contributed by atoms with Gasteiger partial charge < -0.3 is 4.43 Å². The van der Waals surface area contributed by atoms with E-state index >= 15 is 0 Å². The molecule has 4 rings (SSSR count). The van der Waals surface area contributed by atoms with Crippen molar-refractivity contribution >= 4 is 36.2 Å². The Morgan fingerprint density at radius 2 is 1.89 bits per heavy atom.